The number of halogens is 1. The molecule has 16 heavy (non-hydrogen) atoms. The molecule has 3 nitrogen and oxygen atoms in total. The van der Waals surface area contributed by atoms with Crippen LogP contribution in [0.1, 0.15) is 12.5 Å². The van der Waals surface area contributed by atoms with Crippen molar-refractivity contribution in [2.24, 2.45) is 5.73 Å². The van der Waals surface area contributed by atoms with E-state index in [1.807, 2.05) is 25.1 Å². The van der Waals surface area contributed by atoms with Gasteiger partial charge in [-0.05, 0) is 43.7 Å². The Morgan fingerprint density at radius 1 is 1.44 bits per heavy atom. The third kappa shape index (κ3) is 4.00. The summed E-state index contributed by atoms with van der Waals surface area (Å²) in [6.45, 7) is 3.06. The van der Waals surface area contributed by atoms with E-state index in [1.54, 1.807) is 7.11 Å². The van der Waals surface area contributed by atoms with Crippen molar-refractivity contribution >= 4 is 11.6 Å². The van der Waals surface area contributed by atoms with Crippen LogP contribution in [-0.4, -0.2) is 26.4 Å². The molecular weight excluding hydrogens is 226 g/mol. The first kappa shape index (κ1) is 13.3. The van der Waals surface area contributed by atoms with Crippen LogP contribution in [0, 0.1) is 0 Å². The topological polar surface area (TPSA) is 44.5 Å². The molecule has 0 amide bonds. The highest BCUT2D eigenvalue weighted by Crippen LogP contribution is 2.23. The van der Waals surface area contributed by atoms with E-state index in [0.29, 0.717) is 18.2 Å². The number of benzene rings is 1. The largest absolute Gasteiger partial charge is 0.491 e. The van der Waals surface area contributed by atoms with Crippen LogP contribution in [0.5, 0.6) is 5.75 Å². The first-order valence-corrected chi connectivity index (χ1v) is 5.69. The van der Waals surface area contributed by atoms with Gasteiger partial charge < -0.3 is 15.2 Å². The zero-order valence-corrected chi connectivity index (χ0v) is 10.5. The van der Waals surface area contributed by atoms with E-state index < -0.39 is 0 Å². The van der Waals surface area contributed by atoms with Gasteiger partial charge in [0.1, 0.15) is 12.4 Å². The molecule has 1 rings (SSSR count). The maximum atomic E-state index is 5.92. The van der Waals surface area contributed by atoms with Crippen LogP contribution in [0.4, 0.5) is 0 Å². The van der Waals surface area contributed by atoms with Crippen LogP contribution in [0.15, 0.2) is 18.2 Å². The van der Waals surface area contributed by atoms with E-state index in [9.17, 15) is 0 Å². The van der Waals surface area contributed by atoms with E-state index in [2.05, 4.69) is 0 Å². The van der Waals surface area contributed by atoms with Crippen LogP contribution >= 0.6 is 11.6 Å². The molecule has 1 aromatic carbocycles. The maximum absolute atomic E-state index is 5.92. The lowest BCUT2D eigenvalue weighted by molar-refractivity contribution is 0.0713. The standard InChI is InChI=1S/C12H18ClNO2/c1-9(15-2)8-16-12-4-3-11(13)7-10(12)5-6-14/h3-4,7,9H,5-6,8,14H2,1-2H3. The Hall–Kier alpha value is -0.770. The Morgan fingerprint density at radius 3 is 2.81 bits per heavy atom. The molecule has 0 saturated carbocycles. The van der Waals surface area contributed by atoms with Gasteiger partial charge in [-0.25, -0.2) is 0 Å². The summed E-state index contributed by atoms with van der Waals surface area (Å²) in [5.41, 5.74) is 6.58. The molecule has 1 atom stereocenters. The molecular formula is C12H18ClNO2. The second kappa shape index (κ2) is 6.74. The van der Waals surface area contributed by atoms with Crippen LogP contribution in [0.25, 0.3) is 0 Å². The Bertz CT molecular complexity index is 331. The second-order valence-electron chi connectivity index (χ2n) is 3.65. The lowest BCUT2D eigenvalue weighted by Crippen LogP contribution is -2.17. The molecule has 0 spiro atoms. The van der Waals surface area contributed by atoms with Gasteiger partial charge in [-0.15, -0.1) is 0 Å². The molecule has 1 unspecified atom stereocenters. The monoisotopic (exact) mass is 243 g/mol. The third-order valence-electron chi connectivity index (χ3n) is 2.31. The van der Waals surface area contributed by atoms with Gasteiger partial charge in [-0.1, -0.05) is 11.6 Å². The first-order chi connectivity index (χ1) is 7.67. The number of nitrogens with two attached hydrogens (primary N) is 1. The Labute approximate surface area is 101 Å². The minimum Gasteiger partial charge on any atom is -0.491 e. The lowest BCUT2D eigenvalue weighted by Gasteiger charge is -2.14. The van der Waals surface area contributed by atoms with Crippen molar-refractivity contribution in [3.63, 3.8) is 0 Å². The molecule has 2 N–H and O–H groups in total. The van der Waals surface area contributed by atoms with Crippen LogP contribution < -0.4 is 10.5 Å². The van der Waals surface area contributed by atoms with E-state index in [4.69, 9.17) is 26.8 Å². The second-order valence-corrected chi connectivity index (χ2v) is 4.08. The van der Waals surface area contributed by atoms with Crippen molar-refractivity contribution in [1.82, 2.24) is 0 Å². The summed E-state index contributed by atoms with van der Waals surface area (Å²) in [4.78, 5) is 0. The van der Waals surface area contributed by atoms with Gasteiger partial charge in [-0.2, -0.15) is 0 Å². The van der Waals surface area contributed by atoms with E-state index in [0.717, 1.165) is 17.7 Å². The molecule has 0 radical (unpaired) electrons. The summed E-state index contributed by atoms with van der Waals surface area (Å²) < 4.78 is 10.8. The highest BCUT2D eigenvalue weighted by Gasteiger charge is 2.06. The number of hydrogen-bond acceptors (Lipinski definition) is 3. The normalized spacial score (nSPS) is 12.5. The van der Waals surface area contributed by atoms with Crippen molar-refractivity contribution < 1.29 is 9.47 Å². The van der Waals surface area contributed by atoms with Gasteiger partial charge in [-0.3, -0.25) is 0 Å². The van der Waals surface area contributed by atoms with E-state index in [-0.39, 0.29) is 6.10 Å². The van der Waals surface area contributed by atoms with Crippen molar-refractivity contribution in [2.75, 3.05) is 20.3 Å². The van der Waals surface area contributed by atoms with Gasteiger partial charge >= 0.3 is 0 Å². The average Bonchev–Trinajstić information content (AvgIpc) is 2.28. The molecule has 90 valence electrons. The fraction of sp³-hybridized carbons (Fsp3) is 0.500. The third-order valence-corrected chi connectivity index (χ3v) is 2.55. The Balaban J connectivity index is 2.70. The summed E-state index contributed by atoms with van der Waals surface area (Å²) in [6.07, 6.45) is 0.832. The molecule has 0 aliphatic carbocycles. The molecule has 0 fully saturated rings. The first-order valence-electron chi connectivity index (χ1n) is 5.31. The molecule has 4 heteroatoms. The fourth-order valence-corrected chi connectivity index (χ4v) is 1.51. The van der Waals surface area contributed by atoms with Crippen LogP contribution in [-0.2, 0) is 11.2 Å². The summed E-state index contributed by atoms with van der Waals surface area (Å²) in [5, 5.41) is 0.704. The predicted molar refractivity (Wildman–Crippen MR) is 66.2 cm³/mol. The molecule has 0 heterocycles. The molecule has 0 aromatic heterocycles. The zero-order chi connectivity index (χ0) is 12.0. The van der Waals surface area contributed by atoms with Gasteiger partial charge in [0.15, 0.2) is 0 Å². The minimum absolute atomic E-state index is 0.0707. The highest BCUT2D eigenvalue weighted by molar-refractivity contribution is 6.30. The average molecular weight is 244 g/mol. The lowest BCUT2D eigenvalue weighted by atomic mass is 10.1. The smallest absolute Gasteiger partial charge is 0.122 e. The number of hydrogen-bond donors (Lipinski definition) is 1. The van der Waals surface area contributed by atoms with Gasteiger partial charge in [0.25, 0.3) is 0 Å². The Morgan fingerprint density at radius 2 is 2.19 bits per heavy atom. The summed E-state index contributed by atoms with van der Waals surface area (Å²) in [6, 6.07) is 5.57. The zero-order valence-electron chi connectivity index (χ0n) is 9.70. The van der Waals surface area contributed by atoms with Crippen molar-refractivity contribution in [2.45, 2.75) is 19.4 Å². The number of rotatable bonds is 6. The molecule has 0 aliphatic heterocycles. The number of ether oxygens (including phenoxy) is 2. The molecule has 1 aromatic rings. The summed E-state index contributed by atoms with van der Waals surface area (Å²) >= 11 is 5.92. The molecule has 0 bridgehead atoms. The van der Waals surface area contributed by atoms with Crippen molar-refractivity contribution in [3.05, 3.63) is 28.8 Å². The fourth-order valence-electron chi connectivity index (χ4n) is 1.31. The maximum Gasteiger partial charge on any atom is 0.122 e. The SMILES string of the molecule is COC(C)COc1ccc(Cl)cc1CCN. The quantitative estimate of drug-likeness (QED) is 0.834. The van der Waals surface area contributed by atoms with E-state index >= 15 is 0 Å². The van der Waals surface area contributed by atoms with Gasteiger partial charge in [0, 0.05) is 12.1 Å². The van der Waals surface area contributed by atoms with Crippen LogP contribution in [0.2, 0.25) is 5.02 Å². The van der Waals surface area contributed by atoms with Gasteiger partial charge in [0.05, 0.1) is 6.10 Å². The molecule has 0 aliphatic rings. The number of methoxy groups -OCH3 is 1. The van der Waals surface area contributed by atoms with E-state index in [1.165, 1.54) is 0 Å². The van der Waals surface area contributed by atoms with Crippen molar-refractivity contribution in [3.8, 4) is 5.75 Å². The predicted octanol–water partition coefficient (Wildman–Crippen LogP) is 2.25. The van der Waals surface area contributed by atoms with Crippen molar-refractivity contribution in [1.29, 1.82) is 0 Å². The van der Waals surface area contributed by atoms with Crippen LogP contribution in [0.3, 0.4) is 0 Å². The minimum atomic E-state index is 0.0707. The Kier molecular flexibility index (Phi) is 5.60. The summed E-state index contributed by atoms with van der Waals surface area (Å²) in [7, 11) is 1.66. The van der Waals surface area contributed by atoms with Gasteiger partial charge in [0.2, 0.25) is 0 Å². The highest BCUT2D eigenvalue weighted by atomic mass is 35.5. The molecule has 0 saturated heterocycles. The summed E-state index contributed by atoms with van der Waals surface area (Å²) in [5.74, 6) is 0.832.